The number of hydrogen-bond acceptors (Lipinski definition) is 4. The molecular weight excluding hydrogens is 218 g/mol. The Kier molecular flexibility index (Phi) is 4.36. The minimum atomic E-state index is -0.375. The third-order valence-corrected chi connectivity index (χ3v) is 3.62. The van der Waals surface area contributed by atoms with Gasteiger partial charge in [-0.2, -0.15) is 0 Å². The van der Waals surface area contributed by atoms with Crippen molar-refractivity contribution >= 4 is 5.91 Å². The second-order valence-electron chi connectivity index (χ2n) is 5.03. The van der Waals surface area contributed by atoms with Crippen molar-refractivity contribution in [1.29, 1.82) is 0 Å². The first kappa shape index (κ1) is 12.8. The highest BCUT2D eigenvalue weighted by Crippen LogP contribution is 2.19. The number of hydrogen-bond donors (Lipinski definition) is 1. The molecule has 2 heterocycles. The standard InChI is InChI=1S/C12H23N3O2/c1-10(13)12(16)15-4-2-3-11(15)9-14-5-7-17-8-6-14/h10-11H,2-9,13H2,1H3. The number of nitrogens with zero attached hydrogens (tertiary/aromatic N) is 2. The minimum Gasteiger partial charge on any atom is -0.379 e. The number of morpholine rings is 1. The Bertz CT molecular complexity index is 264. The van der Waals surface area contributed by atoms with Crippen LogP contribution in [0.15, 0.2) is 0 Å². The quantitative estimate of drug-likeness (QED) is 0.734. The predicted molar refractivity (Wildman–Crippen MR) is 65.6 cm³/mol. The van der Waals surface area contributed by atoms with Gasteiger partial charge in [0, 0.05) is 32.2 Å². The van der Waals surface area contributed by atoms with Crippen LogP contribution in [0.4, 0.5) is 0 Å². The zero-order valence-electron chi connectivity index (χ0n) is 10.6. The van der Waals surface area contributed by atoms with E-state index in [1.165, 1.54) is 0 Å². The fourth-order valence-electron chi connectivity index (χ4n) is 2.66. The highest BCUT2D eigenvalue weighted by molar-refractivity contribution is 5.81. The lowest BCUT2D eigenvalue weighted by atomic mass is 10.2. The van der Waals surface area contributed by atoms with E-state index < -0.39 is 0 Å². The molecule has 0 aromatic heterocycles. The Morgan fingerprint density at radius 1 is 1.41 bits per heavy atom. The van der Waals surface area contributed by atoms with Crippen molar-refractivity contribution in [3.63, 3.8) is 0 Å². The summed E-state index contributed by atoms with van der Waals surface area (Å²) in [6.07, 6.45) is 2.21. The summed E-state index contributed by atoms with van der Waals surface area (Å²) in [6.45, 7) is 7.21. The largest absolute Gasteiger partial charge is 0.379 e. The molecule has 0 spiro atoms. The summed E-state index contributed by atoms with van der Waals surface area (Å²) < 4.78 is 5.33. The van der Waals surface area contributed by atoms with Crippen molar-refractivity contribution in [2.45, 2.75) is 31.8 Å². The highest BCUT2D eigenvalue weighted by Gasteiger charge is 2.31. The zero-order valence-corrected chi connectivity index (χ0v) is 10.6. The molecule has 98 valence electrons. The molecule has 0 bridgehead atoms. The maximum absolute atomic E-state index is 12.0. The van der Waals surface area contributed by atoms with Gasteiger partial charge >= 0.3 is 0 Å². The van der Waals surface area contributed by atoms with E-state index in [0.29, 0.717) is 6.04 Å². The highest BCUT2D eigenvalue weighted by atomic mass is 16.5. The molecule has 2 N–H and O–H groups in total. The monoisotopic (exact) mass is 241 g/mol. The van der Waals surface area contributed by atoms with Crippen LogP contribution in [-0.2, 0) is 9.53 Å². The molecule has 0 saturated carbocycles. The third kappa shape index (κ3) is 3.18. The first-order valence-electron chi connectivity index (χ1n) is 6.54. The molecule has 2 unspecified atom stereocenters. The van der Waals surface area contributed by atoms with Crippen LogP contribution < -0.4 is 5.73 Å². The maximum atomic E-state index is 12.0. The van der Waals surface area contributed by atoms with E-state index in [0.717, 1.165) is 52.2 Å². The second-order valence-corrected chi connectivity index (χ2v) is 5.03. The Balaban J connectivity index is 1.88. The lowest BCUT2D eigenvalue weighted by molar-refractivity contribution is -0.133. The SMILES string of the molecule is CC(N)C(=O)N1CCCC1CN1CCOCC1. The Labute approximate surface area is 103 Å². The van der Waals surface area contributed by atoms with Crippen LogP contribution in [0.2, 0.25) is 0 Å². The average Bonchev–Trinajstić information content (AvgIpc) is 2.77. The fourth-order valence-corrected chi connectivity index (χ4v) is 2.66. The molecule has 0 radical (unpaired) electrons. The molecule has 2 rings (SSSR count). The summed E-state index contributed by atoms with van der Waals surface area (Å²) in [4.78, 5) is 16.3. The molecule has 5 heteroatoms. The molecule has 2 fully saturated rings. The normalized spacial score (nSPS) is 28.4. The summed E-state index contributed by atoms with van der Waals surface area (Å²) in [7, 11) is 0. The molecule has 0 aromatic rings. The van der Waals surface area contributed by atoms with Gasteiger partial charge in [-0.3, -0.25) is 9.69 Å². The first-order chi connectivity index (χ1) is 8.18. The molecule has 0 aromatic carbocycles. The van der Waals surface area contributed by atoms with Crippen LogP contribution in [0.25, 0.3) is 0 Å². The van der Waals surface area contributed by atoms with E-state index in [9.17, 15) is 4.79 Å². The van der Waals surface area contributed by atoms with Crippen LogP contribution in [0, 0.1) is 0 Å². The van der Waals surface area contributed by atoms with Crippen molar-refractivity contribution in [2.75, 3.05) is 39.4 Å². The molecule has 2 aliphatic rings. The van der Waals surface area contributed by atoms with Gasteiger partial charge in [0.05, 0.1) is 19.3 Å². The summed E-state index contributed by atoms with van der Waals surface area (Å²) in [5, 5.41) is 0. The molecule has 17 heavy (non-hydrogen) atoms. The number of carbonyl (C=O) groups is 1. The Morgan fingerprint density at radius 3 is 2.76 bits per heavy atom. The van der Waals surface area contributed by atoms with Crippen molar-refractivity contribution in [1.82, 2.24) is 9.80 Å². The van der Waals surface area contributed by atoms with E-state index in [2.05, 4.69) is 4.90 Å². The van der Waals surface area contributed by atoms with Crippen LogP contribution in [0.1, 0.15) is 19.8 Å². The summed E-state index contributed by atoms with van der Waals surface area (Å²) in [5.41, 5.74) is 5.69. The maximum Gasteiger partial charge on any atom is 0.239 e. The molecule has 5 nitrogen and oxygen atoms in total. The van der Waals surface area contributed by atoms with E-state index in [4.69, 9.17) is 10.5 Å². The Hall–Kier alpha value is -0.650. The van der Waals surface area contributed by atoms with Crippen molar-refractivity contribution < 1.29 is 9.53 Å². The second kappa shape index (κ2) is 5.80. The number of carbonyl (C=O) groups excluding carboxylic acids is 1. The molecule has 2 aliphatic heterocycles. The van der Waals surface area contributed by atoms with Crippen molar-refractivity contribution in [3.8, 4) is 0 Å². The Morgan fingerprint density at radius 2 is 2.12 bits per heavy atom. The predicted octanol–water partition coefficient (Wildman–Crippen LogP) is -0.343. The number of nitrogens with two attached hydrogens (primary N) is 1. The summed E-state index contributed by atoms with van der Waals surface area (Å²) in [6, 6.07) is -0.0214. The van der Waals surface area contributed by atoms with Crippen LogP contribution in [0.5, 0.6) is 0 Å². The molecule has 1 amide bonds. The smallest absolute Gasteiger partial charge is 0.239 e. The first-order valence-corrected chi connectivity index (χ1v) is 6.54. The van der Waals surface area contributed by atoms with Gasteiger partial charge in [-0.15, -0.1) is 0 Å². The number of amides is 1. The van der Waals surface area contributed by atoms with Crippen LogP contribution in [-0.4, -0.2) is 67.2 Å². The van der Waals surface area contributed by atoms with Crippen molar-refractivity contribution in [2.24, 2.45) is 5.73 Å². The number of rotatable bonds is 3. The molecule has 2 saturated heterocycles. The van der Waals surface area contributed by atoms with Gasteiger partial charge in [0.15, 0.2) is 0 Å². The molecule has 2 atom stereocenters. The zero-order chi connectivity index (χ0) is 12.3. The molecule has 0 aliphatic carbocycles. The van der Waals surface area contributed by atoms with E-state index in [1.807, 2.05) is 4.90 Å². The number of ether oxygens (including phenoxy) is 1. The average molecular weight is 241 g/mol. The van der Waals surface area contributed by atoms with Gasteiger partial charge in [0.25, 0.3) is 0 Å². The summed E-state index contributed by atoms with van der Waals surface area (Å²) >= 11 is 0. The van der Waals surface area contributed by atoms with Gasteiger partial charge in [-0.25, -0.2) is 0 Å². The van der Waals surface area contributed by atoms with Crippen molar-refractivity contribution in [3.05, 3.63) is 0 Å². The summed E-state index contributed by atoms with van der Waals surface area (Å²) in [5.74, 6) is 0.0979. The topological polar surface area (TPSA) is 58.8 Å². The van der Waals surface area contributed by atoms with Crippen LogP contribution >= 0.6 is 0 Å². The van der Waals surface area contributed by atoms with Gasteiger partial charge < -0.3 is 15.4 Å². The molecular formula is C12H23N3O2. The fraction of sp³-hybridized carbons (Fsp3) is 0.917. The van der Waals surface area contributed by atoms with E-state index >= 15 is 0 Å². The van der Waals surface area contributed by atoms with E-state index in [-0.39, 0.29) is 11.9 Å². The minimum absolute atomic E-state index is 0.0979. The van der Waals surface area contributed by atoms with Gasteiger partial charge in [-0.05, 0) is 19.8 Å². The van der Waals surface area contributed by atoms with Gasteiger partial charge in [0.2, 0.25) is 5.91 Å². The van der Waals surface area contributed by atoms with E-state index in [1.54, 1.807) is 6.92 Å². The van der Waals surface area contributed by atoms with Crippen LogP contribution in [0.3, 0.4) is 0 Å². The van der Waals surface area contributed by atoms with Gasteiger partial charge in [-0.1, -0.05) is 0 Å². The third-order valence-electron chi connectivity index (χ3n) is 3.62. The number of likely N-dealkylation sites (tertiary alicyclic amines) is 1. The van der Waals surface area contributed by atoms with Gasteiger partial charge in [0.1, 0.15) is 0 Å². The lowest BCUT2D eigenvalue weighted by Crippen LogP contribution is -2.50. The lowest BCUT2D eigenvalue weighted by Gasteiger charge is -2.33.